The second kappa shape index (κ2) is 6.34. The number of rotatable bonds is 4. The fraction of sp³-hybridized carbons (Fsp3) is 0.167. The molecule has 1 N–H and O–H groups in total. The highest BCUT2D eigenvalue weighted by Crippen LogP contribution is 2.32. The van der Waals surface area contributed by atoms with Gasteiger partial charge in [-0.25, -0.2) is 0 Å². The monoisotopic (exact) mass is 367 g/mol. The minimum atomic E-state index is -0.269. The number of amides is 1. The highest BCUT2D eigenvalue weighted by Gasteiger charge is 2.27. The molecule has 1 atom stereocenters. The minimum absolute atomic E-state index is 0.0496. The molecule has 0 spiro atoms. The number of ketones is 1. The van der Waals surface area contributed by atoms with Crippen molar-refractivity contribution in [2.45, 2.75) is 19.4 Å². The van der Waals surface area contributed by atoms with Crippen molar-refractivity contribution in [2.24, 2.45) is 0 Å². The predicted octanol–water partition coefficient (Wildman–Crippen LogP) is 2.93. The summed E-state index contributed by atoms with van der Waals surface area (Å²) in [6, 6.07) is 12.3. The van der Waals surface area contributed by atoms with E-state index >= 15 is 0 Å². The van der Waals surface area contributed by atoms with Crippen molar-refractivity contribution in [3.05, 3.63) is 58.6 Å². The summed E-state index contributed by atoms with van der Waals surface area (Å²) in [6.45, 7) is 1.76. The van der Waals surface area contributed by atoms with Crippen molar-refractivity contribution in [1.29, 1.82) is 0 Å². The van der Waals surface area contributed by atoms with Crippen molar-refractivity contribution in [1.82, 2.24) is 20.2 Å². The fourth-order valence-electron chi connectivity index (χ4n) is 2.87. The van der Waals surface area contributed by atoms with Crippen molar-refractivity contribution in [2.75, 3.05) is 5.32 Å². The van der Waals surface area contributed by atoms with Gasteiger partial charge in [0.2, 0.25) is 11.7 Å². The van der Waals surface area contributed by atoms with Crippen LogP contribution in [0.25, 0.3) is 11.4 Å². The van der Waals surface area contributed by atoms with Crippen LogP contribution >= 0.6 is 11.6 Å². The summed E-state index contributed by atoms with van der Waals surface area (Å²) < 4.78 is 0. The highest BCUT2D eigenvalue weighted by atomic mass is 35.5. The summed E-state index contributed by atoms with van der Waals surface area (Å²) in [5.41, 5.74) is 2.73. The summed E-state index contributed by atoms with van der Waals surface area (Å²) in [5, 5.41) is 15.4. The molecular weight excluding hydrogens is 354 g/mol. The van der Waals surface area contributed by atoms with E-state index in [-0.39, 0.29) is 24.2 Å². The van der Waals surface area contributed by atoms with E-state index in [0.717, 1.165) is 11.3 Å². The van der Waals surface area contributed by atoms with Gasteiger partial charge in [-0.15, -0.1) is 10.2 Å². The topological polar surface area (TPSA) is 89.8 Å². The Bertz CT molecular complexity index is 1030. The zero-order valence-electron chi connectivity index (χ0n) is 13.8. The summed E-state index contributed by atoms with van der Waals surface area (Å²) in [7, 11) is 0. The van der Waals surface area contributed by atoms with E-state index in [1.807, 2.05) is 19.1 Å². The molecule has 1 aliphatic heterocycles. The second-order valence-electron chi connectivity index (χ2n) is 6.06. The van der Waals surface area contributed by atoms with Gasteiger partial charge in [0.15, 0.2) is 5.78 Å². The summed E-state index contributed by atoms with van der Waals surface area (Å²) in [6.07, 6.45) is 0. The van der Waals surface area contributed by atoms with Gasteiger partial charge < -0.3 is 5.32 Å². The maximum atomic E-state index is 12.6. The molecule has 0 fully saturated rings. The first-order valence-corrected chi connectivity index (χ1v) is 8.41. The van der Waals surface area contributed by atoms with Crippen LogP contribution in [0.1, 0.15) is 28.8 Å². The zero-order chi connectivity index (χ0) is 18.3. The van der Waals surface area contributed by atoms with Crippen molar-refractivity contribution >= 4 is 29.0 Å². The van der Waals surface area contributed by atoms with E-state index in [1.165, 1.54) is 4.80 Å². The number of hydrogen-bond donors (Lipinski definition) is 1. The maximum Gasteiger partial charge on any atom is 0.231 e. The lowest BCUT2D eigenvalue weighted by molar-refractivity contribution is -0.116. The molecule has 130 valence electrons. The van der Waals surface area contributed by atoms with Gasteiger partial charge >= 0.3 is 0 Å². The first-order valence-electron chi connectivity index (χ1n) is 8.03. The number of halogens is 1. The molecule has 2 heterocycles. The fourth-order valence-corrected chi connectivity index (χ4v) is 3.09. The van der Waals surface area contributed by atoms with Gasteiger partial charge in [0.1, 0.15) is 6.54 Å². The van der Waals surface area contributed by atoms with Gasteiger partial charge in [0, 0.05) is 16.8 Å². The van der Waals surface area contributed by atoms with E-state index in [2.05, 4.69) is 20.7 Å². The average molecular weight is 368 g/mol. The molecule has 0 aliphatic carbocycles. The van der Waals surface area contributed by atoms with Crippen LogP contribution in [0.5, 0.6) is 0 Å². The number of carbonyl (C=O) groups is 2. The van der Waals surface area contributed by atoms with E-state index < -0.39 is 0 Å². The summed E-state index contributed by atoms with van der Waals surface area (Å²) in [4.78, 5) is 25.5. The molecule has 0 unspecified atom stereocenters. The zero-order valence-corrected chi connectivity index (χ0v) is 14.6. The van der Waals surface area contributed by atoms with Crippen molar-refractivity contribution in [3.8, 4) is 11.4 Å². The van der Waals surface area contributed by atoms with Crippen LogP contribution in [0.4, 0.5) is 5.69 Å². The number of nitrogens with one attached hydrogen (secondary N) is 1. The molecule has 1 aromatic heterocycles. The Hall–Kier alpha value is -3.06. The number of anilines is 1. The number of fused-ring (bicyclic) bond motifs is 1. The molecule has 8 heteroatoms. The minimum Gasteiger partial charge on any atom is -0.325 e. The Morgan fingerprint density at radius 3 is 2.88 bits per heavy atom. The van der Waals surface area contributed by atoms with Gasteiger partial charge in [-0.05, 0) is 48.0 Å². The molecule has 2 aromatic carbocycles. The highest BCUT2D eigenvalue weighted by molar-refractivity contribution is 6.33. The molecular formula is C18H14ClN5O2. The molecule has 0 bridgehead atoms. The summed E-state index contributed by atoms with van der Waals surface area (Å²) >= 11 is 6.13. The third-order valence-electron chi connectivity index (χ3n) is 4.34. The summed E-state index contributed by atoms with van der Waals surface area (Å²) in [5.74, 6) is -0.135. The standard InChI is InChI=1S/C18H14ClN5O2/c1-10-13-8-11(6-7-15(13)20-18(10)26)16(25)9-24-22-17(21-23-24)12-4-2-3-5-14(12)19/h2-8,10H,9H2,1H3,(H,20,26)/t10-/m1/s1. The number of Topliss-reactive ketones (excluding diaryl/α,β-unsaturated/α-hetero) is 1. The van der Waals surface area contributed by atoms with Crippen LogP contribution in [-0.2, 0) is 11.3 Å². The molecule has 4 rings (SSSR count). The quantitative estimate of drug-likeness (QED) is 0.716. The molecule has 3 aromatic rings. The van der Waals surface area contributed by atoms with E-state index in [0.29, 0.717) is 22.0 Å². The lowest BCUT2D eigenvalue weighted by Gasteiger charge is -2.05. The molecule has 1 aliphatic rings. The van der Waals surface area contributed by atoms with E-state index in [9.17, 15) is 9.59 Å². The molecule has 0 saturated heterocycles. The SMILES string of the molecule is C[C@H]1C(=O)Nc2ccc(C(=O)Cn3nnc(-c4ccccc4Cl)n3)cc21. The Morgan fingerprint density at radius 1 is 1.27 bits per heavy atom. The van der Waals surface area contributed by atoms with Crippen LogP contribution in [0.15, 0.2) is 42.5 Å². The lowest BCUT2D eigenvalue weighted by Crippen LogP contribution is -2.13. The van der Waals surface area contributed by atoms with Crippen LogP contribution in [0.2, 0.25) is 5.02 Å². The molecule has 1 amide bonds. The number of carbonyl (C=O) groups excluding carboxylic acids is 2. The second-order valence-corrected chi connectivity index (χ2v) is 6.47. The smallest absolute Gasteiger partial charge is 0.231 e. The predicted molar refractivity (Wildman–Crippen MR) is 96.1 cm³/mol. The average Bonchev–Trinajstić information content (AvgIpc) is 3.20. The van der Waals surface area contributed by atoms with Crippen molar-refractivity contribution < 1.29 is 9.59 Å². The van der Waals surface area contributed by atoms with Gasteiger partial charge in [0.25, 0.3) is 0 Å². The molecule has 7 nitrogen and oxygen atoms in total. The number of hydrogen-bond acceptors (Lipinski definition) is 5. The lowest BCUT2D eigenvalue weighted by atomic mass is 9.99. The Balaban J connectivity index is 1.55. The van der Waals surface area contributed by atoms with Gasteiger partial charge in [0.05, 0.1) is 10.9 Å². The largest absolute Gasteiger partial charge is 0.325 e. The molecule has 0 saturated carbocycles. The maximum absolute atomic E-state index is 12.6. The number of nitrogens with zero attached hydrogens (tertiary/aromatic N) is 4. The third-order valence-corrected chi connectivity index (χ3v) is 4.67. The normalized spacial score (nSPS) is 15.6. The Labute approximate surface area is 154 Å². The number of tetrazole rings is 1. The first kappa shape index (κ1) is 16.4. The van der Waals surface area contributed by atoms with Crippen LogP contribution in [0.3, 0.4) is 0 Å². The van der Waals surface area contributed by atoms with Crippen LogP contribution in [-0.4, -0.2) is 31.9 Å². The molecule has 0 radical (unpaired) electrons. The number of aromatic nitrogens is 4. The third kappa shape index (κ3) is 2.86. The van der Waals surface area contributed by atoms with E-state index in [4.69, 9.17) is 11.6 Å². The van der Waals surface area contributed by atoms with Gasteiger partial charge in [-0.1, -0.05) is 23.7 Å². The first-order chi connectivity index (χ1) is 12.5. The van der Waals surface area contributed by atoms with Crippen LogP contribution in [0, 0.1) is 0 Å². The van der Waals surface area contributed by atoms with Crippen molar-refractivity contribution in [3.63, 3.8) is 0 Å². The van der Waals surface area contributed by atoms with Gasteiger partial charge in [-0.2, -0.15) is 4.80 Å². The number of benzene rings is 2. The molecule has 26 heavy (non-hydrogen) atoms. The van der Waals surface area contributed by atoms with E-state index in [1.54, 1.807) is 30.3 Å². The van der Waals surface area contributed by atoms with Crippen LogP contribution < -0.4 is 5.32 Å². The Kier molecular flexibility index (Phi) is 4.00. The Morgan fingerprint density at radius 2 is 2.08 bits per heavy atom. The van der Waals surface area contributed by atoms with Gasteiger partial charge in [-0.3, -0.25) is 9.59 Å².